The second kappa shape index (κ2) is 9.40. The molecule has 7 nitrogen and oxygen atoms in total. The Kier molecular flexibility index (Phi) is 6.24. The van der Waals surface area contributed by atoms with Crippen LogP contribution in [0.25, 0.3) is 6.08 Å². The van der Waals surface area contributed by atoms with Gasteiger partial charge in [-0.1, -0.05) is 23.8 Å². The number of carbonyl (C=O) groups is 1. The van der Waals surface area contributed by atoms with Crippen molar-refractivity contribution in [2.45, 2.75) is 13.3 Å². The maximum atomic E-state index is 12.2. The van der Waals surface area contributed by atoms with Crippen LogP contribution in [0.4, 0.5) is 23.1 Å². The van der Waals surface area contributed by atoms with Crippen molar-refractivity contribution in [3.8, 4) is 0 Å². The molecule has 0 radical (unpaired) electrons. The second-order valence-corrected chi connectivity index (χ2v) is 7.43. The largest absolute Gasteiger partial charge is 0.383 e. The van der Waals surface area contributed by atoms with Gasteiger partial charge in [-0.2, -0.15) is 4.98 Å². The molecule has 1 heterocycles. The molecule has 1 aliphatic rings. The van der Waals surface area contributed by atoms with Gasteiger partial charge in [-0.3, -0.25) is 4.79 Å². The molecule has 1 amide bonds. The number of benzene rings is 2. The van der Waals surface area contributed by atoms with Crippen LogP contribution < -0.4 is 16.0 Å². The third-order valence-corrected chi connectivity index (χ3v) is 4.92. The van der Waals surface area contributed by atoms with E-state index in [0.717, 1.165) is 17.8 Å². The highest BCUT2D eigenvalue weighted by atomic mass is 16.5. The zero-order valence-electron chi connectivity index (χ0n) is 17.6. The number of nitrogens with zero attached hydrogens (tertiary/aromatic N) is 2. The van der Waals surface area contributed by atoms with Crippen LogP contribution in [0.15, 0.2) is 60.3 Å². The minimum atomic E-state index is -0.155. The first kappa shape index (κ1) is 20.6. The number of anilines is 4. The summed E-state index contributed by atoms with van der Waals surface area (Å²) in [6.07, 6.45) is 4.92. The van der Waals surface area contributed by atoms with Gasteiger partial charge < -0.3 is 20.7 Å². The van der Waals surface area contributed by atoms with Crippen LogP contribution in [0.3, 0.4) is 0 Å². The molecule has 0 aliphatic heterocycles. The van der Waals surface area contributed by atoms with Gasteiger partial charge in [0.05, 0.1) is 6.61 Å². The Hall–Kier alpha value is -3.71. The van der Waals surface area contributed by atoms with Gasteiger partial charge in [-0.25, -0.2) is 4.98 Å². The normalized spacial score (nSPS) is 12.1. The maximum absolute atomic E-state index is 12.2. The van der Waals surface area contributed by atoms with E-state index in [0.29, 0.717) is 30.5 Å². The summed E-state index contributed by atoms with van der Waals surface area (Å²) < 4.78 is 4.96. The molecule has 0 bridgehead atoms. The van der Waals surface area contributed by atoms with Crippen LogP contribution in [0.1, 0.15) is 28.4 Å². The van der Waals surface area contributed by atoms with Crippen LogP contribution in [-0.4, -0.2) is 36.1 Å². The highest BCUT2D eigenvalue weighted by molar-refractivity contribution is 5.95. The van der Waals surface area contributed by atoms with Crippen LogP contribution in [-0.2, 0) is 11.2 Å². The molecule has 0 spiro atoms. The summed E-state index contributed by atoms with van der Waals surface area (Å²) in [5, 5.41) is 9.31. The minimum absolute atomic E-state index is 0.155. The minimum Gasteiger partial charge on any atom is -0.383 e. The third-order valence-electron chi connectivity index (χ3n) is 4.92. The fourth-order valence-corrected chi connectivity index (χ4v) is 3.46. The van der Waals surface area contributed by atoms with Gasteiger partial charge in [0.15, 0.2) is 0 Å². The predicted molar refractivity (Wildman–Crippen MR) is 123 cm³/mol. The summed E-state index contributed by atoms with van der Waals surface area (Å²) in [4.78, 5) is 21.1. The van der Waals surface area contributed by atoms with Crippen molar-refractivity contribution in [1.29, 1.82) is 0 Å². The van der Waals surface area contributed by atoms with Crippen LogP contribution in [0.5, 0.6) is 0 Å². The summed E-state index contributed by atoms with van der Waals surface area (Å²) in [7, 11) is 1.60. The molecule has 4 rings (SSSR count). The molecule has 1 aromatic heterocycles. The topological polar surface area (TPSA) is 88.2 Å². The van der Waals surface area contributed by atoms with E-state index in [4.69, 9.17) is 4.74 Å². The maximum Gasteiger partial charge on any atom is 0.251 e. The Balaban J connectivity index is 1.44. The molecule has 0 saturated carbocycles. The predicted octanol–water partition coefficient (Wildman–Crippen LogP) is 4.30. The van der Waals surface area contributed by atoms with Crippen molar-refractivity contribution in [2.75, 3.05) is 30.9 Å². The number of allylic oxidation sites excluding steroid dienone is 1. The molecule has 3 aromatic rings. The summed E-state index contributed by atoms with van der Waals surface area (Å²) in [5.74, 6) is 0.974. The fraction of sp³-hybridized carbons (Fsp3) is 0.208. The summed E-state index contributed by atoms with van der Waals surface area (Å²) in [5.41, 5.74) is 6.22. The Bertz CT molecular complexity index is 1130. The van der Waals surface area contributed by atoms with Gasteiger partial charge in [-0.05, 0) is 60.9 Å². The van der Waals surface area contributed by atoms with E-state index in [-0.39, 0.29) is 5.91 Å². The molecule has 31 heavy (non-hydrogen) atoms. The van der Waals surface area contributed by atoms with Crippen molar-refractivity contribution in [2.24, 2.45) is 0 Å². The number of rotatable bonds is 8. The molecule has 0 unspecified atom stereocenters. The average Bonchev–Trinajstić information content (AvgIpc) is 3.13. The first-order chi connectivity index (χ1) is 15.1. The van der Waals surface area contributed by atoms with Gasteiger partial charge in [0.2, 0.25) is 5.95 Å². The van der Waals surface area contributed by atoms with Crippen molar-refractivity contribution >= 4 is 35.1 Å². The number of nitrogens with one attached hydrogen (secondary N) is 3. The summed E-state index contributed by atoms with van der Waals surface area (Å²) >= 11 is 0. The lowest BCUT2D eigenvalue weighted by molar-refractivity contribution is 0.0937. The molecule has 0 saturated heterocycles. The van der Waals surface area contributed by atoms with Crippen LogP contribution >= 0.6 is 0 Å². The number of carbonyl (C=O) groups excluding carboxylic acids is 1. The first-order valence-corrected chi connectivity index (χ1v) is 10.1. The Morgan fingerprint density at radius 1 is 1.10 bits per heavy atom. The molecular weight excluding hydrogens is 390 g/mol. The van der Waals surface area contributed by atoms with Crippen molar-refractivity contribution in [3.63, 3.8) is 0 Å². The SMILES string of the molecule is COCCNC(=O)c1cccc(Nc2nccc(Nc3ccc4c(c3)C=C(C)C4)n2)c1. The Labute approximate surface area is 181 Å². The zero-order valence-corrected chi connectivity index (χ0v) is 17.6. The lowest BCUT2D eigenvalue weighted by Crippen LogP contribution is -2.26. The van der Waals surface area contributed by atoms with Gasteiger partial charge >= 0.3 is 0 Å². The highest BCUT2D eigenvalue weighted by Gasteiger charge is 2.11. The molecule has 2 aromatic carbocycles. The number of amides is 1. The number of aromatic nitrogens is 2. The molecule has 0 fully saturated rings. The number of ether oxygens (including phenoxy) is 1. The van der Waals surface area contributed by atoms with Gasteiger partial charge in [-0.15, -0.1) is 0 Å². The lowest BCUT2D eigenvalue weighted by atomic mass is 10.1. The molecule has 1 aliphatic carbocycles. The van der Waals surface area contributed by atoms with E-state index in [1.165, 1.54) is 16.7 Å². The molecular formula is C24H25N5O2. The number of methoxy groups -OCH3 is 1. The number of hydrogen-bond acceptors (Lipinski definition) is 6. The first-order valence-electron chi connectivity index (χ1n) is 10.1. The van der Waals surface area contributed by atoms with E-state index < -0.39 is 0 Å². The van der Waals surface area contributed by atoms with E-state index in [1.54, 1.807) is 25.4 Å². The smallest absolute Gasteiger partial charge is 0.251 e. The van der Waals surface area contributed by atoms with E-state index in [9.17, 15) is 4.79 Å². The van der Waals surface area contributed by atoms with E-state index >= 15 is 0 Å². The van der Waals surface area contributed by atoms with Crippen LogP contribution in [0.2, 0.25) is 0 Å². The Morgan fingerprint density at radius 3 is 2.84 bits per heavy atom. The van der Waals surface area contributed by atoms with E-state index in [1.807, 2.05) is 18.2 Å². The van der Waals surface area contributed by atoms with Crippen molar-refractivity contribution in [3.05, 3.63) is 77.0 Å². The van der Waals surface area contributed by atoms with Crippen LogP contribution in [0, 0.1) is 0 Å². The highest BCUT2D eigenvalue weighted by Crippen LogP contribution is 2.28. The third kappa shape index (κ3) is 5.26. The molecule has 7 heteroatoms. The van der Waals surface area contributed by atoms with Gasteiger partial charge in [0.1, 0.15) is 5.82 Å². The van der Waals surface area contributed by atoms with Crippen molar-refractivity contribution in [1.82, 2.24) is 15.3 Å². The van der Waals surface area contributed by atoms with E-state index in [2.05, 4.69) is 57.1 Å². The van der Waals surface area contributed by atoms with Gasteiger partial charge in [0, 0.05) is 36.8 Å². The summed E-state index contributed by atoms with van der Waals surface area (Å²) in [6.45, 7) is 3.08. The monoisotopic (exact) mass is 415 g/mol. The number of fused-ring (bicyclic) bond motifs is 1. The Morgan fingerprint density at radius 2 is 1.97 bits per heavy atom. The number of hydrogen-bond donors (Lipinski definition) is 3. The molecule has 158 valence electrons. The zero-order chi connectivity index (χ0) is 21.6. The average molecular weight is 415 g/mol. The summed E-state index contributed by atoms with van der Waals surface area (Å²) in [6, 6.07) is 15.4. The quantitative estimate of drug-likeness (QED) is 0.476. The van der Waals surface area contributed by atoms with Gasteiger partial charge in [0.25, 0.3) is 5.91 Å². The standard InChI is InChI=1S/C24H25N5O2/c1-16-12-17-6-7-21(15-19(17)13-16)27-22-8-9-26-24(29-22)28-20-5-3-4-18(14-20)23(30)25-10-11-31-2/h3-9,13-15H,10-12H2,1-2H3,(H,25,30)(H2,26,27,28,29). The van der Waals surface area contributed by atoms with Crippen molar-refractivity contribution < 1.29 is 9.53 Å². The fourth-order valence-electron chi connectivity index (χ4n) is 3.46. The molecule has 3 N–H and O–H groups in total. The second-order valence-electron chi connectivity index (χ2n) is 7.43. The molecule has 0 atom stereocenters. The lowest BCUT2D eigenvalue weighted by Gasteiger charge is -2.10.